The van der Waals surface area contributed by atoms with Crippen molar-refractivity contribution in [2.45, 2.75) is 18.4 Å². The molecule has 144 valence electrons. The van der Waals surface area contributed by atoms with Crippen molar-refractivity contribution in [3.8, 4) is 0 Å². The minimum Gasteiger partial charge on any atom is -0.329 e. The molecule has 7 nitrogen and oxygen atoms in total. The number of rotatable bonds is 5. The highest BCUT2D eigenvalue weighted by atomic mass is 35.5. The number of hydrogen-bond donors (Lipinski definition) is 1. The molecule has 0 amide bonds. The van der Waals surface area contributed by atoms with Crippen LogP contribution in [0.1, 0.15) is 11.1 Å². The molecule has 27 heavy (non-hydrogen) atoms. The van der Waals surface area contributed by atoms with E-state index in [0.29, 0.717) is 36.8 Å². The van der Waals surface area contributed by atoms with Gasteiger partial charge in [-0.25, -0.2) is 8.42 Å². The predicted octanol–water partition coefficient (Wildman–Crippen LogP) is 1.65. The molecule has 2 aromatic rings. The summed E-state index contributed by atoms with van der Waals surface area (Å²) >= 11 is 6.02. The Balaban J connectivity index is 1.71. The van der Waals surface area contributed by atoms with Gasteiger partial charge < -0.3 is 4.90 Å². The fourth-order valence-electron chi connectivity index (χ4n) is 3.27. The third-order valence-corrected chi connectivity index (χ3v) is 7.05. The summed E-state index contributed by atoms with van der Waals surface area (Å²) in [7, 11) is -3.76. The number of nitrogens with zero attached hydrogens (tertiary/aromatic N) is 2. The number of nitro groups is 1. The predicted molar refractivity (Wildman–Crippen MR) is 102 cm³/mol. The third kappa shape index (κ3) is 4.47. The summed E-state index contributed by atoms with van der Waals surface area (Å²) in [6, 6.07) is 11.6. The van der Waals surface area contributed by atoms with Gasteiger partial charge in [0, 0.05) is 22.7 Å². The van der Waals surface area contributed by atoms with Crippen molar-refractivity contribution in [1.29, 1.82) is 0 Å². The van der Waals surface area contributed by atoms with Gasteiger partial charge in [-0.3, -0.25) is 10.1 Å². The van der Waals surface area contributed by atoms with Crippen LogP contribution < -0.4 is 4.90 Å². The number of hydrogen-bond acceptors (Lipinski definition) is 4. The average Bonchev–Trinajstić information content (AvgIpc) is 2.62. The summed E-state index contributed by atoms with van der Waals surface area (Å²) in [4.78, 5) is 11.7. The first kappa shape index (κ1) is 19.8. The van der Waals surface area contributed by atoms with E-state index in [1.165, 1.54) is 21.3 Å². The zero-order valence-electron chi connectivity index (χ0n) is 14.9. The fourth-order valence-corrected chi connectivity index (χ4v) is 5.17. The van der Waals surface area contributed by atoms with E-state index in [2.05, 4.69) is 0 Å². The lowest BCUT2D eigenvalue weighted by atomic mass is 10.2. The Hall–Kier alpha value is -2.00. The van der Waals surface area contributed by atoms with E-state index in [4.69, 9.17) is 11.6 Å². The number of aryl methyl sites for hydroxylation is 1. The first-order valence-corrected chi connectivity index (χ1v) is 10.4. The maximum atomic E-state index is 13.0. The van der Waals surface area contributed by atoms with Crippen molar-refractivity contribution in [3.05, 3.63) is 68.7 Å². The van der Waals surface area contributed by atoms with Crippen molar-refractivity contribution in [2.24, 2.45) is 0 Å². The van der Waals surface area contributed by atoms with Crippen molar-refractivity contribution in [1.82, 2.24) is 4.31 Å². The molecule has 1 aliphatic rings. The van der Waals surface area contributed by atoms with E-state index in [0.717, 1.165) is 18.2 Å². The lowest BCUT2D eigenvalue weighted by molar-refractivity contribution is -0.917. The van der Waals surface area contributed by atoms with Crippen LogP contribution in [-0.2, 0) is 16.6 Å². The van der Waals surface area contributed by atoms with Crippen LogP contribution in [0.3, 0.4) is 0 Å². The number of quaternary nitrogens is 1. The number of sulfonamides is 1. The van der Waals surface area contributed by atoms with Crippen LogP contribution in [0.25, 0.3) is 0 Å². The van der Waals surface area contributed by atoms with Gasteiger partial charge in [-0.05, 0) is 24.6 Å². The number of piperazine rings is 1. The smallest absolute Gasteiger partial charge is 0.270 e. The molecule has 0 radical (unpaired) electrons. The molecule has 3 rings (SSSR count). The van der Waals surface area contributed by atoms with Gasteiger partial charge in [0.2, 0.25) is 10.0 Å². The molecular weight excluding hydrogens is 390 g/mol. The highest BCUT2D eigenvalue weighted by molar-refractivity contribution is 7.89. The molecule has 1 fully saturated rings. The topological polar surface area (TPSA) is 85.0 Å². The summed E-state index contributed by atoms with van der Waals surface area (Å²) in [5.74, 6) is 0. The van der Waals surface area contributed by atoms with E-state index < -0.39 is 14.9 Å². The van der Waals surface area contributed by atoms with Crippen LogP contribution >= 0.6 is 11.6 Å². The molecule has 9 heteroatoms. The zero-order chi connectivity index (χ0) is 19.6. The molecule has 0 spiro atoms. The van der Waals surface area contributed by atoms with Crippen molar-refractivity contribution in [3.63, 3.8) is 0 Å². The molecule has 1 N–H and O–H groups in total. The average molecular weight is 411 g/mol. The Kier molecular flexibility index (Phi) is 5.81. The molecule has 2 aromatic carbocycles. The standard InChI is InChI=1S/C18H20ClN3O4S/c1-14-5-6-17(22(23)24)12-18(14)27(25,26)21-9-7-20(8-10-21)13-15-3-2-4-16(19)11-15/h2-6,11-12H,7-10,13H2,1H3/p+1. The Labute approximate surface area is 163 Å². The van der Waals surface area contributed by atoms with Crippen LogP contribution in [0.2, 0.25) is 5.02 Å². The molecule has 0 aromatic heterocycles. The molecule has 1 heterocycles. The third-order valence-electron chi connectivity index (χ3n) is 4.77. The zero-order valence-corrected chi connectivity index (χ0v) is 16.5. The van der Waals surface area contributed by atoms with E-state index in [9.17, 15) is 18.5 Å². The largest absolute Gasteiger partial charge is 0.329 e. The highest BCUT2D eigenvalue weighted by Crippen LogP contribution is 2.24. The molecule has 1 saturated heterocycles. The van der Waals surface area contributed by atoms with Gasteiger partial charge in [0.1, 0.15) is 6.54 Å². The molecule has 0 saturated carbocycles. The van der Waals surface area contributed by atoms with Gasteiger partial charge >= 0.3 is 0 Å². The number of halogens is 1. The van der Waals surface area contributed by atoms with Crippen LogP contribution in [-0.4, -0.2) is 43.8 Å². The first-order valence-electron chi connectivity index (χ1n) is 8.60. The first-order chi connectivity index (χ1) is 12.8. The second-order valence-electron chi connectivity index (χ2n) is 6.67. The Morgan fingerprint density at radius 1 is 1.19 bits per heavy atom. The second kappa shape index (κ2) is 7.93. The minimum atomic E-state index is -3.76. The lowest BCUT2D eigenvalue weighted by Crippen LogP contribution is -3.13. The SMILES string of the molecule is Cc1ccc([N+](=O)[O-])cc1S(=O)(=O)N1CC[NH+](Cc2cccc(Cl)c2)CC1. The van der Waals surface area contributed by atoms with Crippen LogP contribution in [0.15, 0.2) is 47.4 Å². The van der Waals surface area contributed by atoms with Crippen molar-refractivity contribution in [2.75, 3.05) is 26.2 Å². The molecule has 0 atom stereocenters. The van der Waals surface area contributed by atoms with Gasteiger partial charge in [0.05, 0.1) is 36.0 Å². The number of nitrogens with one attached hydrogen (secondary N) is 1. The maximum absolute atomic E-state index is 13.0. The van der Waals surface area contributed by atoms with Crippen LogP contribution in [0.4, 0.5) is 5.69 Å². The Morgan fingerprint density at radius 2 is 1.89 bits per heavy atom. The molecule has 0 aliphatic carbocycles. The molecule has 0 bridgehead atoms. The maximum Gasteiger partial charge on any atom is 0.270 e. The summed E-state index contributed by atoms with van der Waals surface area (Å²) in [5.41, 5.74) is 1.40. The van der Waals surface area contributed by atoms with Gasteiger partial charge in [0.25, 0.3) is 5.69 Å². The van der Waals surface area contributed by atoms with E-state index in [1.807, 2.05) is 24.3 Å². The summed E-state index contributed by atoms with van der Waals surface area (Å²) in [6.45, 7) is 4.52. The quantitative estimate of drug-likeness (QED) is 0.600. The number of benzene rings is 2. The van der Waals surface area contributed by atoms with E-state index in [1.54, 1.807) is 6.92 Å². The van der Waals surface area contributed by atoms with Crippen LogP contribution in [0.5, 0.6) is 0 Å². The second-order valence-corrected chi connectivity index (χ2v) is 9.01. The summed E-state index contributed by atoms with van der Waals surface area (Å²) < 4.78 is 27.4. The van der Waals surface area contributed by atoms with Gasteiger partial charge in [-0.15, -0.1) is 0 Å². The number of nitro benzene ring substituents is 1. The van der Waals surface area contributed by atoms with Crippen molar-refractivity contribution < 1.29 is 18.2 Å². The highest BCUT2D eigenvalue weighted by Gasteiger charge is 2.32. The minimum absolute atomic E-state index is 0.00925. The Morgan fingerprint density at radius 3 is 2.52 bits per heavy atom. The van der Waals surface area contributed by atoms with Gasteiger partial charge in [-0.1, -0.05) is 29.8 Å². The normalized spacial score (nSPS) is 16.4. The van der Waals surface area contributed by atoms with Crippen LogP contribution in [0, 0.1) is 17.0 Å². The van der Waals surface area contributed by atoms with Gasteiger partial charge in [0.15, 0.2) is 0 Å². The summed E-state index contributed by atoms with van der Waals surface area (Å²) in [6.07, 6.45) is 0. The van der Waals surface area contributed by atoms with E-state index >= 15 is 0 Å². The monoisotopic (exact) mass is 410 g/mol. The van der Waals surface area contributed by atoms with E-state index in [-0.39, 0.29) is 10.6 Å². The fraction of sp³-hybridized carbons (Fsp3) is 0.333. The van der Waals surface area contributed by atoms with Gasteiger partial charge in [-0.2, -0.15) is 4.31 Å². The molecule has 0 unspecified atom stereocenters. The van der Waals surface area contributed by atoms with Crippen molar-refractivity contribution >= 4 is 27.3 Å². The number of non-ortho nitro benzene ring substituents is 1. The lowest BCUT2D eigenvalue weighted by Gasteiger charge is -2.31. The molecule has 1 aliphatic heterocycles. The Bertz CT molecular complexity index is 957. The summed E-state index contributed by atoms with van der Waals surface area (Å²) in [5, 5.41) is 11.7. The molecular formula is C18H21ClN3O4S+.